The number of rotatable bonds is 7. The molecule has 0 bridgehead atoms. The Hall–Kier alpha value is -0.570. The van der Waals surface area contributed by atoms with Crippen molar-refractivity contribution < 1.29 is 9.90 Å². The third kappa shape index (κ3) is 5.22. The highest BCUT2D eigenvalue weighted by Gasteiger charge is 2.13. The average molecular weight is 201 g/mol. The predicted molar refractivity (Wildman–Crippen MR) is 58.1 cm³/mol. The highest BCUT2D eigenvalue weighted by molar-refractivity contribution is 5.76. The van der Waals surface area contributed by atoms with Crippen LogP contribution in [0.4, 0.5) is 0 Å². The number of aliphatic hydroxyl groups excluding tert-OH is 1. The summed E-state index contributed by atoms with van der Waals surface area (Å²) in [7, 11) is 1.75. The second-order valence-electron chi connectivity index (χ2n) is 3.85. The molecule has 1 N–H and O–H groups in total. The van der Waals surface area contributed by atoms with Crippen LogP contribution in [0.5, 0.6) is 0 Å². The lowest BCUT2D eigenvalue weighted by atomic mass is 10.1. The van der Waals surface area contributed by atoms with E-state index in [0.717, 1.165) is 12.8 Å². The van der Waals surface area contributed by atoms with E-state index in [1.165, 1.54) is 12.8 Å². The number of carbonyl (C=O) groups is 1. The normalized spacial score (nSPS) is 12.6. The van der Waals surface area contributed by atoms with Gasteiger partial charge in [0.2, 0.25) is 5.91 Å². The molecule has 0 heterocycles. The summed E-state index contributed by atoms with van der Waals surface area (Å²) >= 11 is 0. The maximum Gasteiger partial charge on any atom is 0.222 e. The third-order valence-corrected chi connectivity index (χ3v) is 2.56. The Labute approximate surface area is 87.1 Å². The lowest BCUT2D eigenvalue weighted by molar-refractivity contribution is -0.132. The predicted octanol–water partition coefficient (Wildman–Crippen LogP) is 1.80. The van der Waals surface area contributed by atoms with Gasteiger partial charge in [0, 0.05) is 13.5 Å². The first-order chi connectivity index (χ1) is 6.63. The number of unbranched alkanes of at least 4 members (excludes halogenated alkanes) is 3. The minimum atomic E-state index is -0.0614. The summed E-state index contributed by atoms with van der Waals surface area (Å²) < 4.78 is 0. The van der Waals surface area contributed by atoms with Gasteiger partial charge in [-0.3, -0.25) is 4.79 Å². The lowest BCUT2D eigenvalue weighted by Crippen LogP contribution is -2.37. The molecule has 0 saturated carbocycles. The Morgan fingerprint density at radius 2 is 2.00 bits per heavy atom. The first-order valence-electron chi connectivity index (χ1n) is 5.50. The topological polar surface area (TPSA) is 40.5 Å². The second-order valence-corrected chi connectivity index (χ2v) is 3.85. The van der Waals surface area contributed by atoms with Crippen molar-refractivity contribution in [3.63, 3.8) is 0 Å². The molecular formula is C11H23NO2. The molecule has 0 aliphatic rings. The molecule has 1 unspecified atom stereocenters. The van der Waals surface area contributed by atoms with E-state index in [2.05, 4.69) is 6.92 Å². The largest absolute Gasteiger partial charge is 0.394 e. The van der Waals surface area contributed by atoms with Crippen LogP contribution in [0.15, 0.2) is 0 Å². The van der Waals surface area contributed by atoms with Crippen molar-refractivity contribution in [1.29, 1.82) is 0 Å². The molecule has 0 saturated heterocycles. The van der Waals surface area contributed by atoms with Gasteiger partial charge in [-0.2, -0.15) is 0 Å². The second kappa shape index (κ2) is 7.80. The van der Waals surface area contributed by atoms with Gasteiger partial charge in [-0.15, -0.1) is 0 Å². The van der Waals surface area contributed by atoms with E-state index >= 15 is 0 Å². The van der Waals surface area contributed by atoms with Crippen LogP contribution in [0.1, 0.15) is 46.0 Å². The number of hydrogen-bond donors (Lipinski definition) is 1. The molecule has 84 valence electrons. The zero-order chi connectivity index (χ0) is 11.0. The quantitative estimate of drug-likeness (QED) is 0.638. The van der Waals surface area contributed by atoms with Crippen LogP contribution >= 0.6 is 0 Å². The van der Waals surface area contributed by atoms with Crippen LogP contribution in [-0.2, 0) is 4.79 Å². The van der Waals surface area contributed by atoms with E-state index < -0.39 is 0 Å². The van der Waals surface area contributed by atoms with Crippen molar-refractivity contribution in [2.45, 2.75) is 52.0 Å². The first kappa shape index (κ1) is 13.4. The molecule has 0 aliphatic carbocycles. The number of likely N-dealkylation sites (N-methyl/N-ethyl adjacent to an activating group) is 1. The van der Waals surface area contributed by atoms with Gasteiger partial charge in [-0.05, 0) is 13.3 Å². The number of carbonyl (C=O) groups excluding carboxylic acids is 1. The third-order valence-electron chi connectivity index (χ3n) is 2.56. The molecule has 0 rings (SSSR count). The molecule has 1 atom stereocenters. The van der Waals surface area contributed by atoms with E-state index in [1.54, 1.807) is 11.9 Å². The van der Waals surface area contributed by atoms with Crippen molar-refractivity contribution in [3.8, 4) is 0 Å². The van der Waals surface area contributed by atoms with Gasteiger partial charge in [-0.1, -0.05) is 26.2 Å². The fraction of sp³-hybridized carbons (Fsp3) is 0.909. The monoisotopic (exact) mass is 201 g/mol. The first-order valence-corrected chi connectivity index (χ1v) is 5.50. The minimum Gasteiger partial charge on any atom is -0.394 e. The Balaban J connectivity index is 3.62. The van der Waals surface area contributed by atoms with Crippen molar-refractivity contribution in [3.05, 3.63) is 0 Å². The smallest absolute Gasteiger partial charge is 0.222 e. The molecule has 3 nitrogen and oxygen atoms in total. The Morgan fingerprint density at radius 1 is 1.36 bits per heavy atom. The summed E-state index contributed by atoms with van der Waals surface area (Å²) in [6, 6.07) is -0.0614. The molecular weight excluding hydrogens is 178 g/mol. The molecule has 14 heavy (non-hydrogen) atoms. The number of aliphatic hydroxyl groups is 1. The van der Waals surface area contributed by atoms with Crippen LogP contribution < -0.4 is 0 Å². The van der Waals surface area contributed by atoms with E-state index in [-0.39, 0.29) is 18.6 Å². The van der Waals surface area contributed by atoms with Crippen LogP contribution in [0.25, 0.3) is 0 Å². The Bertz CT molecular complexity index is 159. The van der Waals surface area contributed by atoms with Gasteiger partial charge < -0.3 is 10.0 Å². The summed E-state index contributed by atoms with van der Waals surface area (Å²) in [5, 5.41) is 8.87. The van der Waals surface area contributed by atoms with Crippen LogP contribution in [-0.4, -0.2) is 35.6 Å². The number of amides is 1. The summed E-state index contributed by atoms with van der Waals surface area (Å²) in [5.74, 6) is 0.141. The molecule has 0 aliphatic heterocycles. The SMILES string of the molecule is CCCCCCC(=O)N(C)C(C)CO. The molecule has 0 radical (unpaired) electrons. The van der Waals surface area contributed by atoms with Crippen LogP contribution in [0, 0.1) is 0 Å². The van der Waals surface area contributed by atoms with Crippen molar-refractivity contribution in [2.75, 3.05) is 13.7 Å². The zero-order valence-corrected chi connectivity index (χ0v) is 9.62. The number of hydrogen-bond acceptors (Lipinski definition) is 2. The highest BCUT2D eigenvalue weighted by Crippen LogP contribution is 2.06. The molecule has 0 aromatic rings. The Morgan fingerprint density at radius 3 is 2.50 bits per heavy atom. The van der Waals surface area contributed by atoms with Crippen molar-refractivity contribution in [2.24, 2.45) is 0 Å². The van der Waals surface area contributed by atoms with Gasteiger partial charge in [0.1, 0.15) is 0 Å². The van der Waals surface area contributed by atoms with Crippen LogP contribution in [0.3, 0.4) is 0 Å². The van der Waals surface area contributed by atoms with Gasteiger partial charge >= 0.3 is 0 Å². The molecule has 3 heteroatoms. The highest BCUT2D eigenvalue weighted by atomic mass is 16.3. The Kier molecular flexibility index (Phi) is 7.48. The minimum absolute atomic E-state index is 0.0389. The van der Waals surface area contributed by atoms with Crippen LogP contribution in [0.2, 0.25) is 0 Å². The van der Waals surface area contributed by atoms with Gasteiger partial charge in [0.15, 0.2) is 0 Å². The standard InChI is InChI=1S/C11H23NO2/c1-4-5-6-7-8-11(14)12(3)10(2)9-13/h10,13H,4-9H2,1-3H3. The average Bonchev–Trinajstić information content (AvgIpc) is 2.21. The molecule has 0 spiro atoms. The fourth-order valence-corrected chi connectivity index (χ4v) is 1.25. The van der Waals surface area contributed by atoms with Crippen molar-refractivity contribution >= 4 is 5.91 Å². The summed E-state index contributed by atoms with van der Waals surface area (Å²) in [4.78, 5) is 13.2. The molecule has 0 fully saturated rings. The summed E-state index contributed by atoms with van der Waals surface area (Å²) in [6.45, 7) is 4.04. The number of nitrogens with zero attached hydrogens (tertiary/aromatic N) is 1. The van der Waals surface area contributed by atoms with Gasteiger partial charge in [0.05, 0.1) is 12.6 Å². The lowest BCUT2D eigenvalue weighted by Gasteiger charge is -2.23. The zero-order valence-electron chi connectivity index (χ0n) is 9.62. The maximum atomic E-state index is 11.5. The van der Waals surface area contributed by atoms with E-state index in [0.29, 0.717) is 6.42 Å². The van der Waals surface area contributed by atoms with E-state index in [9.17, 15) is 4.79 Å². The van der Waals surface area contributed by atoms with E-state index in [1.807, 2.05) is 6.92 Å². The molecule has 0 aromatic carbocycles. The van der Waals surface area contributed by atoms with E-state index in [4.69, 9.17) is 5.11 Å². The summed E-state index contributed by atoms with van der Waals surface area (Å²) in [6.07, 6.45) is 5.10. The molecule has 0 aromatic heterocycles. The van der Waals surface area contributed by atoms with Crippen molar-refractivity contribution in [1.82, 2.24) is 4.90 Å². The molecule has 1 amide bonds. The fourth-order valence-electron chi connectivity index (χ4n) is 1.25. The van der Waals surface area contributed by atoms with Gasteiger partial charge in [-0.25, -0.2) is 0 Å². The maximum absolute atomic E-state index is 11.5. The summed E-state index contributed by atoms with van der Waals surface area (Å²) in [5.41, 5.74) is 0. The van der Waals surface area contributed by atoms with Gasteiger partial charge in [0.25, 0.3) is 0 Å².